The maximum absolute atomic E-state index is 13.3. The first-order valence-corrected chi connectivity index (χ1v) is 9.27. The second kappa shape index (κ2) is 7.81. The summed E-state index contributed by atoms with van der Waals surface area (Å²) in [5.74, 6) is 1.13. The molecule has 1 aromatic heterocycles. The van der Waals surface area contributed by atoms with Crippen LogP contribution in [0.5, 0.6) is 11.5 Å². The maximum Gasteiger partial charge on any atom is 0.266 e. The van der Waals surface area contributed by atoms with Crippen molar-refractivity contribution >= 4 is 34.7 Å². The van der Waals surface area contributed by atoms with Gasteiger partial charge in [0.05, 0.1) is 28.7 Å². The molecule has 5 nitrogen and oxygen atoms in total. The molecule has 0 aliphatic carbocycles. The average molecular weight is 405 g/mol. The summed E-state index contributed by atoms with van der Waals surface area (Å²) < 4.78 is 6.72. The zero-order chi connectivity index (χ0) is 20.4. The smallest absolute Gasteiger partial charge is 0.266 e. The highest BCUT2D eigenvalue weighted by Gasteiger charge is 2.12. The van der Waals surface area contributed by atoms with Crippen molar-refractivity contribution < 1.29 is 9.84 Å². The first-order chi connectivity index (χ1) is 14.1. The topological polar surface area (TPSA) is 64.3 Å². The number of rotatable bonds is 4. The van der Waals surface area contributed by atoms with E-state index in [9.17, 15) is 9.90 Å². The van der Waals surface area contributed by atoms with Crippen molar-refractivity contribution in [3.05, 3.63) is 93.5 Å². The molecule has 0 aliphatic rings. The van der Waals surface area contributed by atoms with Crippen molar-refractivity contribution in [1.82, 2.24) is 9.55 Å². The molecular weight excluding hydrogens is 388 g/mol. The monoisotopic (exact) mass is 404 g/mol. The van der Waals surface area contributed by atoms with Crippen molar-refractivity contribution in [2.45, 2.75) is 0 Å². The van der Waals surface area contributed by atoms with Crippen LogP contribution in [0.2, 0.25) is 5.02 Å². The van der Waals surface area contributed by atoms with Crippen LogP contribution in [-0.4, -0.2) is 21.8 Å². The van der Waals surface area contributed by atoms with Gasteiger partial charge in [0.15, 0.2) is 0 Å². The summed E-state index contributed by atoms with van der Waals surface area (Å²) in [5.41, 5.74) is 1.76. The molecule has 0 aliphatic heterocycles. The van der Waals surface area contributed by atoms with E-state index in [0.717, 1.165) is 5.56 Å². The summed E-state index contributed by atoms with van der Waals surface area (Å²) in [6, 6.07) is 19.2. The van der Waals surface area contributed by atoms with Gasteiger partial charge in [0, 0.05) is 0 Å². The number of hydrogen-bond donors (Lipinski definition) is 1. The molecule has 0 radical (unpaired) electrons. The molecule has 3 aromatic carbocycles. The predicted molar refractivity (Wildman–Crippen MR) is 116 cm³/mol. The summed E-state index contributed by atoms with van der Waals surface area (Å²) in [6.07, 6.45) is 3.53. The quantitative estimate of drug-likeness (QED) is 0.524. The normalized spacial score (nSPS) is 11.2. The van der Waals surface area contributed by atoms with E-state index in [1.807, 2.05) is 12.1 Å². The van der Waals surface area contributed by atoms with Crippen molar-refractivity contribution in [3.8, 4) is 17.2 Å². The molecule has 0 spiro atoms. The molecule has 0 amide bonds. The summed E-state index contributed by atoms with van der Waals surface area (Å²) in [5, 5.41) is 10.6. The van der Waals surface area contributed by atoms with Crippen LogP contribution in [0.15, 0.2) is 71.5 Å². The molecule has 0 atom stereocenters. The molecule has 4 aromatic rings. The number of hydrogen-bond acceptors (Lipinski definition) is 4. The number of aromatic nitrogens is 2. The van der Waals surface area contributed by atoms with Crippen molar-refractivity contribution in [2.75, 3.05) is 7.11 Å². The van der Waals surface area contributed by atoms with E-state index in [-0.39, 0.29) is 11.3 Å². The van der Waals surface area contributed by atoms with Gasteiger partial charge in [-0.25, -0.2) is 4.98 Å². The largest absolute Gasteiger partial charge is 0.508 e. The highest BCUT2D eigenvalue weighted by Crippen LogP contribution is 2.27. The van der Waals surface area contributed by atoms with Crippen LogP contribution in [0.25, 0.3) is 28.7 Å². The minimum absolute atomic E-state index is 0.165. The Morgan fingerprint density at radius 3 is 2.62 bits per heavy atom. The van der Waals surface area contributed by atoms with Crippen molar-refractivity contribution in [3.63, 3.8) is 0 Å². The van der Waals surface area contributed by atoms with E-state index in [1.165, 1.54) is 11.7 Å². The third-order valence-electron chi connectivity index (χ3n) is 4.49. The molecule has 29 heavy (non-hydrogen) atoms. The SMILES string of the molecule is COc1ccc(-n2c(/C=C/c3cccc(O)c3)nc3ccccc3c2=O)cc1Cl. The molecule has 4 rings (SSSR count). The highest BCUT2D eigenvalue weighted by molar-refractivity contribution is 6.32. The number of fused-ring (bicyclic) bond motifs is 1. The van der Waals surface area contributed by atoms with Crippen LogP contribution in [0.4, 0.5) is 0 Å². The van der Waals surface area contributed by atoms with Crippen molar-refractivity contribution in [1.29, 1.82) is 0 Å². The third kappa shape index (κ3) is 3.73. The van der Waals surface area contributed by atoms with Gasteiger partial charge in [-0.15, -0.1) is 0 Å². The predicted octanol–water partition coefficient (Wildman–Crippen LogP) is 4.92. The molecule has 0 bridgehead atoms. The van der Waals surface area contributed by atoms with Gasteiger partial charge >= 0.3 is 0 Å². The first kappa shape index (κ1) is 18.8. The first-order valence-electron chi connectivity index (χ1n) is 8.89. The van der Waals surface area contributed by atoms with Crippen LogP contribution in [0.3, 0.4) is 0 Å². The van der Waals surface area contributed by atoms with E-state index in [0.29, 0.717) is 33.2 Å². The fourth-order valence-electron chi connectivity index (χ4n) is 3.10. The van der Waals surface area contributed by atoms with Gasteiger partial charge in [-0.2, -0.15) is 0 Å². The van der Waals surface area contributed by atoms with Crippen LogP contribution in [-0.2, 0) is 0 Å². The highest BCUT2D eigenvalue weighted by atomic mass is 35.5. The van der Waals surface area contributed by atoms with E-state index >= 15 is 0 Å². The fraction of sp³-hybridized carbons (Fsp3) is 0.0435. The lowest BCUT2D eigenvalue weighted by molar-refractivity contribution is 0.415. The van der Waals surface area contributed by atoms with Gasteiger partial charge in [-0.1, -0.05) is 41.9 Å². The van der Waals surface area contributed by atoms with Gasteiger partial charge < -0.3 is 9.84 Å². The fourth-order valence-corrected chi connectivity index (χ4v) is 3.36. The number of nitrogens with zero attached hydrogens (tertiary/aromatic N) is 2. The van der Waals surface area contributed by atoms with Gasteiger partial charge in [0.1, 0.15) is 17.3 Å². The Bertz CT molecular complexity index is 1300. The molecular formula is C23H17ClN2O3. The molecule has 0 unspecified atom stereocenters. The minimum Gasteiger partial charge on any atom is -0.508 e. The van der Waals surface area contributed by atoms with Gasteiger partial charge in [-0.05, 0) is 54.1 Å². The third-order valence-corrected chi connectivity index (χ3v) is 4.79. The Labute approximate surface area is 172 Å². The van der Waals surface area contributed by atoms with Gasteiger partial charge in [0.25, 0.3) is 5.56 Å². The molecule has 0 saturated heterocycles. The molecule has 0 fully saturated rings. The van der Waals surface area contributed by atoms with Crippen LogP contribution in [0.1, 0.15) is 11.4 Å². The zero-order valence-corrected chi connectivity index (χ0v) is 16.3. The number of methoxy groups -OCH3 is 1. The molecule has 6 heteroatoms. The Balaban J connectivity index is 1.94. The zero-order valence-electron chi connectivity index (χ0n) is 15.5. The Morgan fingerprint density at radius 1 is 1.03 bits per heavy atom. The number of halogens is 1. The van der Waals surface area contributed by atoms with E-state index in [2.05, 4.69) is 4.98 Å². The maximum atomic E-state index is 13.3. The summed E-state index contributed by atoms with van der Waals surface area (Å²) >= 11 is 6.29. The molecule has 0 saturated carbocycles. The Morgan fingerprint density at radius 2 is 1.86 bits per heavy atom. The lowest BCUT2D eigenvalue weighted by Crippen LogP contribution is -2.22. The second-order valence-corrected chi connectivity index (χ2v) is 6.78. The van der Waals surface area contributed by atoms with Gasteiger partial charge in [0.2, 0.25) is 0 Å². The van der Waals surface area contributed by atoms with Crippen LogP contribution in [0, 0.1) is 0 Å². The van der Waals surface area contributed by atoms with E-state index in [1.54, 1.807) is 66.7 Å². The standard InChI is InChI=1S/C23H17ClN2O3/c1-29-21-11-10-16(14-19(21)24)26-22(12-9-15-5-4-6-17(27)13-15)25-20-8-3-2-7-18(20)23(26)28/h2-14,27H,1H3/b12-9+. The summed E-state index contributed by atoms with van der Waals surface area (Å²) in [6.45, 7) is 0. The lowest BCUT2D eigenvalue weighted by Gasteiger charge is -2.13. The Hall–Kier alpha value is -3.57. The molecule has 1 heterocycles. The summed E-state index contributed by atoms with van der Waals surface area (Å²) in [4.78, 5) is 17.9. The number of aromatic hydroxyl groups is 1. The Kier molecular flexibility index (Phi) is 5.06. The second-order valence-electron chi connectivity index (χ2n) is 6.37. The van der Waals surface area contributed by atoms with Crippen LogP contribution >= 0.6 is 11.6 Å². The van der Waals surface area contributed by atoms with E-state index in [4.69, 9.17) is 16.3 Å². The number of phenolic OH excluding ortho intramolecular Hbond substituents is 1. The van der Waals surface area contributed by atoms with Gasteiger partial charge in [-0.3, -0.25) is 9.36 Å². The van der Waals surface area contributed by atoms with Crippen LogP contribution < -0.4 is 10.3 Å². The number of para-hydroxylation sites is 1. The number of phenols is 1. The molecule has 1 N–H and O–H groups in total. The minimum atomic E-state index is -0.201. The summed E-state index contributed by atoms with van der Waals surface area (Å²) in [7, 11) is 1.54. The van der Waals surface area contributed by atoms with E-state index < -0.39 is 0 Å². The average Bonchev–Trinajstić information content (AvgIpc) is 2.72. The number of ether oxygens (including phenoxy) is 1. The van der Waals surface area contributed by atoms with Crippen molar-refractivity contribution in [2.24, 2.45) is 0 Å². The lowest BCUT2D eigenvalue weighted by atomic mass is 10.2. The molecule has 144 valence electrons. The number of benzene rings is 3.